The summed E-state index contributed by atoms with van der Waals surface area (Å²) in [4.78, 5) is 27.0. The van der Waals surface area contributed by atoms with Crippen molar-refractivity contribution in [2.45, 2.75) is 38.9 Å². The molecule has 2 atom stereocenters. The van der Waals surface area contributed by atoms with Gasteiger partial charge >= 0.3 is 0 Å². The van der Waals surface area contributed by atoms with E-state index in [0.717, 1.165) is 0 Å². The van der Waals surface area contributed by atoms with Gasteiger partial charge in [0.15, 0.2) is 33.9 Å². The van der Waals surface area contributed by atoms with E-state index in [1.165, 1.54) is 40.6 Å². The van der Waals surface area contributed by atoms with E-state index in [4.69, 9.17) is 18.9 Å². The molecular weight excluding hydrogens is 520 g/mol. The highest BCUT2D eigenvalue weighted by molar-refractivity contribution is 6.38. The van der Waals surface area contributed by atoms with Gasteiger partial charge in [-0.1, -0.05) is 0 Å². The van der Waals surface area contributed by atoms with Crippen molar-refractivity contribution in [3.05, 3.63) is 43.7 Å². The van der Waals surface area contributed by atoms with Gasteiger partial charge in [0.05, 0.1) is 51.4 Å². The molecule has 40 heavy (non-hydrogen) atoms. The first kappa shape index (κ1) is 27.3. The predicted molar refractivity (Wildman–Crippen MR) is 152 cm³/mol. The molecule has 0 heterocycles. The molecule has 0 aliphatic rings. The second-order valence-electron chi connectivity index (χ2n) is 9.98. The molecule has 210 valence electrons. The summed E-state index contributed by atoms with van der Waals surface area (Å²) in [5.41, 5.74) is -0.368. The van der Waals surface area contributed by atoms with Crippen LogP contribution in [0.2, 0.25) is 0 Å². The van der Waals surface area contributed by atoms with E-state index in [9.17, 15) is 30.0 Å². The average Bonchev–Trinajstić information content (AvgIpc) is 2.89. The standard InChI is InChI=1S/C30H30O10/c1-11(31)7-13-19-20-14(8-12(2)32)30(40-6)28(36)22-16(34)10-18(38-4)24(26(20)22)23-17(37-3)9-15(33)21(25(19)23)27(35)29(13)39-5/h9-12,31-32,35-36H,7-8H2,1-6H3/t11-,12?/m0/s1. The Labute approximate surface area is 228 Å². The van der Waals surface area contributed by atoms with Crippen LogP contribution in [0, 0.1) is 0 Å². The minimum Gasteiger partial charge on any atom is -0.504 e. The second-order valence-corrected chi connectivity index (χ2v) is 9.98. The Balaban J connectivity index is 2.38. The minimum absolute atomic E-state index is 0.00478. The van der Waals surface area contributed by atoms with E-state index < -0.39 is 34.6 Å². The molecule has 0 amide bonds. The highest BCUT2D eigenvalue weighted by Crippen LogP contribution is 2.55. The van der Waals surface area contributed by atoms with Crippen molar-refractivity contribution in [2.75, 3.05) is 28.4 Å². The van der Waals surface area contributed by atoms with E-state index in [1.807, 2.05) is 0 Å². The Hall–Kier alpha value is -4.28. The van der Waals surface area contributed by atoms with Crippen molar-refractivity contribution in [3.8, 4) is 34.5 Å². The third-order valence-corrected chi connectivity index (χ3v) is 7.41. The third kappa shape index (κ3) is 3.63. The minimum atomic E-state index is -0.903. The normalized spacial score (nSPS) is 13.4. The predicted octanol–water partition coefficient (Wildman–Crippen LogP) is 3.19. The van der Waals surface area contributed by atoms with Crippen molar-refractivity contribution < 1.29 is 39.4 Å². The first-order valence-corrected chi connectivity index (χ1v) is 12.7. The Morgan fingerprint density at radius 3 is 1.20 bits per heavy atom. The van der Waals surface area contributed by atoms with Crippen molar-refractivity contribution in [3.63, 3.8) is 0 Å². The summed E-state index contributed by atoms with van der Waals surface area (Å²) in [7, 11) is 5.46. The van der Waals surface area contributed by atoms with Gasteiger partial charge in [-0.3, -0.25) is 9.59 Å². The first-order valence-electron chi connectivity index (χ1n) is 12.7. The molecular formula is C30H30O10. The number of fused-ring (bicyclic) bond motifs is 2. The van der Waals surface area contributed by atoms with E-state index >= 15 is 0 Å². The van der Waals surface area contributed by atoms with Gasteiger partial charge < -0.3 is 39.4 Å². The molecule has 5 aromatic rings. The van der Waals surface area contributed by atoms with Crippen LogP contribution in [0.3, 0.4) is 0 Å². The maximum Gasteiger partial charge on any atom is 0.194 e. The topological polar surface area (TPSA) is 152 Å². The van der Waals surface area contributed by atoms with Crippen LogP contribution in [-0.2, 0) is 12.8 Å². The van der Waals surface area contributed by atoms with Gasteiger partial charge in [0, 0.05) is 57.6 Å². The quantitative estimate of drug-likeness (QED) is 0.167. The molecule has 5 rings (SSSR count). The van der Waals surface area contributed by atoms with E-state index in [-0.39, 0.29) is 46.6 Å². The molecule has 0 saturated carbocycles. The number of rotatable bonds is 8. The number of aromatic hydroxyl groups is 2. The van der Waals surface area contributed by atoms with Crippen LogP contribution in [0.4, 0.5) is 0 Å². The Kier molecular flexibility index (Phi) is 6.63. The van der Waals surface area contributed by atoms with Crippen LogP contribution in [-0.4, -0.2) is 61.1 Å². The van der Waals surface area contributed by atoms with Gasteiger partial charge in [0.25, 0.3) is 0 Å². The second kappa shape index (κ2) is 9.72. The van der Waals surface area contributed by atoms with Crippen LogP contribution in [0.25, 0.3) is 43.1 Å². The van der Waals surface area contributed by atoms with Gasteiger partial charge in [-0.25, -0.2) is 0 Å². The fourth-order valence-electron chi connectivity index (χ4n) is 6.07. The summed E-state index contributed by atoms with van der Waals surface area (Å²) in [6, 6.07) is 2.47. The molecule has 10 heteroatoms. The highest BCUT2D eigenvalue weighted by atomic mass is 16.5. The van der Waals surface area contributed by atoms with Gasteiger partial charge in [0.1, 0.15) is 11.5 Å². The molecule has 0 aromatic heterocycles. The Bertz CT molecular complexity index is 1770. The summed E-state index contributed by atoms with van der Waals surface area (Å²) >= 11 is 0. The van der Waals surface area contributed by atoms with E-state index in [2.05, 4.69) is 0 Å². The molecule has 0 saturated heterocycles. The van der Waals surface area contributed by atoms with Crippen LogP contribution < -0.4 is 29.8 Å². The summed E-state index contributed by atoms with van der Waals surface area (Å²) in [5, 5.41) is 45.8. The van der Waals surface area contributed by atoms with Crippen molar-refractivity contribution in [1.82, 2.24) is 0 Å². The Morgan fingerprint density at radius 2 is 0.925 bits per heavy atom. The number of aliphatic hydroxyl groups excluding tert-OH is 2. The summed E-state index contributed by atoms with van der Waals surface area (Å²) in [5.74, 6) is -0.548. The number of phenols is 2. The molecule has 4 N–H and O–H groups in total. The molecule has 10 nitrogen and oxygen atoms in total. The van der Waals surface area contributed by atoms with Crippen LogP contribution in [0.15, 0.2) is 21.7 Å². The number of hydrogen-bond donors (Lipinski definition) is 4. The van der Waals surface area contributed by atoms with Gasteiger partial charge in [-0.2, -0.15) is 0 Å². The fraction of sp³-hybridized carbons (Fsp3) is 0.333. The third-order valence-electron chi connectivity index (χ3n) is 7.41. The lowest BCUT2D eigenvalue weighted by Crippen LogP contribution is -2.14. The SMILES string of the molecule is COc1c(O)c2c(=O)cc(OC)c3c4c(OC)cc(=O)c5c(O)c(OC)c(C[C@H](C)O)c(c(c1CC(C)O)c23)c54. The van der Waals surface area contributed by atoms with Crippen LogP contribution >= 0.6 is 0 Å². The summed E-state index contributed by atoms with van der Waals surface area (Å²) in [6.07, 6.45) is -1.82. The first-order chi connectivity index (χ1) is 19.0. The number of benzene rings is 5. The molecule has 0 aliphatic carbocycles. The van der Waals surface area contributed by atoms with Gasteiger partial charge in [-0.15, -0.1) is 0 Å². The lowest BCUT2D eigenvalue weighted by atomic mass is 9.81. The maximum atomic E-state index is 13.5. The largest absolute Gasteiger partial charge is 0.504 e. The van der Waals surface area contributed by atoms with Crippen LogP contribution in [0.1, 0.15) is 25.0 Å². The number of ether oxygens (including phenoxy) is 4. The zero-order valence-electron chi connectivity index (χ0n) is 23.0. The Morgan fingerprint density at radius 1 is 0.575 bits per heavy atom. The lowest BCUT2D eigenvalue weighted by molar-refractivity contribution is 0.193. The molecule has 0 aliphatic heterocycles. The van der Waals surface area contributed by atoms with E-state index in [0.29, 0.717) is 43.4 Å². The van der Waals surface area contributed by atoms with Gasteiger partial charge in [0.2, 0.25) is 0 Å². The summed E-state index contributed by atoms with van der Waals surface area (Å²) in [6.45, 7) is 3.14. The van der Waals surface area contributed by atoms with Gasteiger partial charge in [-0.05, 0) is 24.6 Å². The highest BCUT2D eigenvalue weighted by Gasteiger charge is 2.33. The van der Waals surface area contributed by atoms with Crippen molar-refractivity contribution in [2.24, 2.45) is 0 Å². The molecule has 0 fully saturated rings. The molecule has 0 radical (unpaired) electrons. The molecule has 1 unspecified atom stereocenters. The zero-order chi connectivity index (χ0) is 29.2. The smallest absolute Gasteiger partial charge is 0.194 e. The van der Waals surface area contributed by atoms with Crippen molar-refractivity contribution >= 4 is 43.1 Å². The van der Waals surface area contributed by atoms with Crippen molar-refractivity contribution in [1.29, 1.82) is 0 Å². The van der Waals surface area contributed by atoms with Crippen LogP contribution in [0.5, 0.6) is 34.5 Å². The lowest BCUT2D eigenvalue weighted by Gasteiger charge is -2.25. The number of phenolic OH excluding ortho intramolecular Hbond substituents is 2. The summed E-state index contributed by atoms with van der Waals surface area (Å²) < 4.78 is 22.5. The number of hydrogen-bond acceptors (Lipinski definition) is 10. The molecule has 5 aromatic carbocycles. The monoisotopic (exact) mass is 550 g/mol. The molecule has 0 bridgehead atoms. The average molecular weight is 551 g/mol. The number of methoxy groups -OCH3 is 4. The zero-order valence-corrected chi connectivity index (χ0v) is 23.0. The fourth-order valence-corrected chi connectivity index (χ4v) is 6.07. The molecule has 0 spiro atoms. The number of aliphatic hydroxyl groups is 2. The maximum absolute atomic E-state index is 13.5. The van der Waals surface area contributed by atoms with E-state index in [1.54, 1.807) is 13.8 Å².